The Hall–Kier alpha value is -0.0400. The number of hydrogen-bond donors (Lipinski definition) is 0. The molecule has 1 heteroatoms. The van der Waals surface area contributed by atoms with Gasteiger partial charge in [0.05, 0.1) is 12.2 Å². The van der Waals surface area contributed by atoms with E-state index in [4.69, 9.17) is 4.74 Å². The number of rotatable bonds is 5. The molecule has 1 saturated heterocycles. The van der Waals surface area contributed by atoms with Gasteiger partial charge in [0.25, 0.3) is 0 Å². The average Bonchev–Trinajstić information content (AvgIpc) is 3.27. The van der Waals surface area contributed by atoms with Gasteiger partial charge in [-0.15, -0.1) is 0 Å². The fourth-order valence-electron chi connectivity index (χ4n) is 9.54. The molecule has 0 aromatic rings. The molecule has 0 radical (unpaired) electrons. The van der Waals surface area contributed by atoms with Crippen molar-refractivity contribution in [1.29, 1.82) is 0 Å². The summed E-state index contributed by atoms with van der Waals surface area (Å²) in [6, 6.07) is 0. The minimum absolute atomic E-state index is 0.600. The maximum absolute atomic E-state index is 6.02. The normalized spacial score (nSPS) is 53.1. The van der Waals surface area contributed by atoms with E-state index in [0.717, 1.165) is 41.4 Å². The van der Waals surface area contributed by atoms with E-state index in [2.05, 4.69) is 34.6 Å². The monoisotopic (exact) mass is 386 g/mol. The van der Waals surface area contributed by atoms with Crippen molar-refractivity contribution in [3.63, 3.8) is 0 Å². The van der Waals surface area contributed by atoms with Crippen LogP contribution >= 0.6 is 0 Å². The number of hydrogen-bond acceptors (Lipinski definition) is 1. The van der Waals surface area contributed by atoms with Crippen LogP contribution in [-0.4, -0.2) is 12.2 Å². The standard InChI is InChI=1S/C27H46O/c1-17(2)7-6-8-18(3)21-11-12-22-20-10-9-19-15-24-25(28-24)16-27(19,5)23(20)13-14-26(21,22)4/h17-25H,6-16H2,1-5H3/t18-,19+,20-,21+,22+,23-,24+,25-,26-,27+/m1/s1. The van der Waals surface area contributed by atoms with E-state index in [-0.39, 0.29) is 0 Å². The molecule has 5 rings (SSSR count). The molecule has 10 atom stereocenters. The summed E-state index contributed by atoms with van der Waals surface area (Å²) in [5.41, 5.74) is 1.25. The van der Waals surface area contributed by atoms with Gasteiger partial charge in [0, 0.05) is 0 Å². The Morgan fingerprint density at radius 2 is 1.64 bits per heavy atom. The molecule has 1 aliphatic heterocycles. The Labute approximate surface area is 174 Å². The molecule has 0 amide bonds. The van der Waals surface area contributed by atoms with Gasteiger partial charge < -0.3 is 4.74 Å². The number of epoxide rings is 1. The summed E-state index contributed by atoms with van der Waals surface area (Å²) in [5.74, 6) is 6.84. The van der Waals surface area contributed by atoms with Gasteiger partial charge in [0.1, 0.15) is 0 Å². The molecule has 0 spiro atoms. The van der Waals surface area contributed by atoms with Gasteiger partial charge in [-0.05, 0) is 104 Å². The molecule has 160 valence electrons. The van der Waals surface area contributed by atoms with Crippen molar-refractivity contribution in [3.8, 4) is 0 Å². The first-order valence-electron chi connectivity index (χ1n) is 13.0. The van der Waals surface area contributed by atoms with Gasteiger partial charge in [0.15, 0.2) is 0 Å². The van der Waals surface area contributed by atoms with Crippen LogP contribution in [0.4, 0.5) is 0 Å². The van der Waals surface area contributed by atoms with E-state index in [0.29, 0.717) is 23.0 Å². The fraction of sp³-hybridized carbons (Fsp3) is 1.00. The van der Waals surface area contributed by atoms with Crippen LogP contribution in [0.25, 0.3) is 0 Å². The maximum Gasteiger partial charge on any atom is 0.0847 e. The molecule has 28 heavy (non-hydrogen) atoms. The fourth-order valence-corrected chi connectivity index (χ4v) is 9.54. The first kappa shape index (κ1) is 19.9. The molecule has 0 N–H and O–H groups in total. The predicted molar refractivity (Wildman–Crippen MR) is 117 cm³/mol. The molecule has 1 heterocycles. The summed E-state index contributed by atoms with van der Waals surface area (Å²) < 4.78 is 6.02. The minimum Gasteiger partial charge on any atom is -0.370 e. The summed E-state index contributed by atoms with van der Waals surface area (Å²) in [7, 11) is 0. The van der Waals surface area contributed by atoms with Gasteiger partial charge in [-0.25, -0.2) is 0 Å². The lowest BCUT2D eigenvalue weighted by Gasteiger charge is -2.60. The highest BCUT2D eigenvalue weighted by Gasteiger charge is 2.63. The SMILES string of the molecule is CC(C)CCC[C@@H](C)[C@@H]1CC[C@H]2[C@H]3CC[C@H]4C[C@@H]5O[C@@H]5C[C@]4(C)[C@@H]3CC[C@@]21C. The first-order chi connectivity index (χ1) is 13.3. The third-order valence-electron chi connectivity index (χ3n) is 11.1. The zero-order chi connectivity index (χ0) is 19.7. The quantitative estimate of drug-likeness (QED) is 0.446. The highest BCUT2D eigenvalue weighted by atomic mass is 16.6. The van der Waals surface area contributed by atoms with E-state index >= 15 is 0 Å². The number of fused-ring (bicyclic) bond motifs is 6. The van der Waals surface area contributed by atoms with Crippen LogP contribution in [0.2, 0.25) is 0 Å². The molecule has 4 saturated carbocycles. The van der Waals surface area contributed by atoms with E-state index in [1.165, 1.54) is 64.2 Å². The van der Waals surface area contributed by atoms with Crippen LogP contribution in [0.15, 0.2) is 0 Å². The van der Waals surface area contributed by atoms with Crippen molar-refractivity contribution in [3.05, 3.63) is 0 Å². The molecule has 0 bridgehead atoms. The second kappa shape index (κ2) is 7.00. The van der Waals surface area contributed by atoms with E-state index < -0.39 is 0 Å². The second-order valence-corrected chi connectivity index (χ2v) is 12.8. The predicted octanol–water partition coefficient (Wildman–Crippen LogP) is 7.49. The van der Waals surface area contributed by atoms with Crippen molar-refractivity contribution in [1.82, 2.24) is 0 Å². The lowest BCUT2D eigenvalue weighted by atomic mass is 9.44. The van der Waals surface area contributed by atoms with E-state index in [9.17, 15) is 0 Å². The molecule has 0 unspecified atom stereocenters. The minimum atomic E-state index is 0.600. The molecule has 4 aliphatic carbocycles. The molecule has 5 fully saturated rings. The molecule has 5 aliphatic rings. The first-order valence-corrected chi connectivity index (χ1v) is 13.0. The van der Waals surface area contributed by atoms with Gasteiger partial charge >= 0.3 is 0 Å². The third kappa shape index (κ3) is 3.04. The topological polar surface area (TPSA) is 12.5 Å². The number of ether oxygens (including phenoxy) is 1. The highest BCUT2D eigenvalue weighted by molar-refractivity contribution is 5.12. The second-order valence-electron chi connectivity index (χ2n) is 12.8. The van der Waals surface area contributed by atoms with Crippen molar-refractivity contribution < 1.29 is 4.74 Å². The molecule has 0 aromatic carbocycles. The van der Waals surface area contributed by atoms with Crippen LogP contribution in [-0.2, 0) is 4.74 Å². The van der Waals surface area contributed by atoms with Gasteiger partial charge in [-0.1, -0.05) is 53.9 Å². The van der Waals surface area contributed by atoms with Crippen LogP contribution in [0.1, 0.15) is 105 Å². The largest absolute Gasteiger partial charge is 0.370 e. The van der Waals surface area contributed by atoms with Crippen LogP contribution in [0.5, 0.6) is 0 Å². The molecular weight excluding hydrogens is 340 g/mol. The maximum atomic E-state index is 6.02. The van der Waals surface area contributed by atoms with Gasteiger partial charge in [0.2, 0.25) is 0 Å². The van der Waals surface area contributed by atoms with Crippen molar-refractivity contribution in [2.24, 2.45) is 52.3 Å². The van der Waals surface area contributed by atoms with Gasteiger partial charge in [-0.2, -0.15) is 0 Å². The van der Waals surface area contributed by atoms with Crippen LogP contribution in [0.3, 0.4) is 0 Å². The summed E-state index contributed by atoms with van der Waals surface area (Å²) in [6.07, 6.45) is 17.6. The average molecular weight is 387 g/mol. The Bertz CT molecular complexity index is 583. The van der Waals surface area contributed by atoms with Crippen molar-refractivity contribution in [2.45, 2.75) is 117 Å². The summed E-state index contributed by atoms with van der Waals surface area (Å²) >= 11 is 0. The zero-order valence-corrected chi connectivity index (χ0v) is 19.4. The highest BCUT2D eigenvalue weighted by Crippen LogP contribution is 2.69. The van der Waals surface area contributed by atoms with Crippen LogP contribution in [0, 0.1) is 52.3 Å². The smallest absolute Gasteiger partial charge is 0.0847 e. The Morgan fingerprint density at radius 3 is 2.43 bits per heavy atom. The lowest BCUT2D eigenvalue weighted by molar-refractivity contribution is -0.110. The lowest BCUT2D eigenvalue weighted by Crippen LogP contribution is -2.54. The van der Waals surface area contributed by atoms with Crippen LogP contribution < -0.4 is 0 Å². The Balaban J connectivity index is 1.30. The summed E-state index contributed by atoms with van der Waals surface area (Å²) in [4.78, 5) is 0. The van der Waals surface area contributed by atoms with Crippen molar-refractivity contribution in [2.75, 3.05) is 0 Å². The van der Waals surface area contributed by atoms with E-state index in [1.54, 1.807) is 6.42 Å². The van der Waals surface area contributed by atoms with E-state index in [1.807, 2.05) is 0 Å². The summed E-state index contributed by atoms with van der Waals surface area (Å²) in [6.45, 7) is 12.8. The molecule has 0 aromatic heterocycles. The summed E-state index contributed by atoms with van der Waals surface area (Å²) in [5, 5.41) is 0. The third-order valence-corrected chi connectivity index (χ3v) is 11.1. The Kier molecular flexibility index (Phi) is 4.97. The zero-order valence-electron chi connectivity index (χ0n) is 19.4. The molecule has 1 nitrogen and oxygen atoms in total. The van der Waals surface area contributed by atoms with Crippen molar-refractivity contribution >= 4 is 0 Å². The molecular formula is C27H46O. The van der Waals surface area contributed by atoms with Gasteiger partial charge in [-0.3, -0.25) is 0 Å². The Morgan fingerprint density at radius 1 is 0.857 bits per heavy atom.